The first-order chi connectivity index (χ1) is 16.9. The fourth-order valence-corrected chi connectivity index (χ4v) is 4.75. The topological polar surface area (TPSA) is 71.1 Å². The Balaban J connectivity index is 1.94. The molecule has 0 spiro atoms. The summed E-state index contributed by atoms with van der Waals surface area (Å²) >= 11 is 1.99. The Hall–Kier alpha value is -3.32. The number of hydrogen-bond donors (Lipinski definition) is 2. The molecule has 0 aliphatic carbocycles. The van der Waals surface area contributed by atoms with Gasteiger partial charge in [-0.05, 0) is 18.2 Å². The van der Waals surface area contributed by atoms with Gasteiger partial charge in [-0.2, -0.15) is 26.3 Å². The van der Waals surface area contributed by atoms with Crippen LogP contribution in [0.15, 0.2) is 65.5 Å². The highest BCUT2D eigenvalue weighted by atomic mass is 32.2. The number of hydrogen-bond acceptors (Lipinski definition) is 5. The fraction of sp³-hybridized carbons (Fsp3) is 0.174. The molecule has 2 N–H and O–H groups in total. The molecule has 0 fully saturated rings. The number of carbonyl (C=O) groups excluding carboxylic acids is 2. The first-order valence-corrected chi connectivity index (χ1v) is 11.9. The highest BCUT2D eigenvalue weighted by molar-refractivity contribution is 8.01. The highest BCUT2D eigenvalue weighted by Gasteiger charge is 2.37. The van der Waals surface area contributed by atoms with Crippen molar-refractivity contribution in [1.29, 1.82) is 0 Å². The third kappa shape index (κ3) is 7.10. The van der Waals surface area contributed by atoms with E-state index in [9.17, 15) is 35.9 Å². The number of rotatable bonds is 8. The summed E-state index contributed by atoms with van der Waals surface area (Å²) < 4.78 is 79.5. The maximum Gasteiger partial charge on any atom is 0.416 e. The van der Waals surface area contributed by atoms with Gasteiger partial charge in [-0.1, -0.05) is 59.5 Å². The van der Waals surface area contributed by atoms with Gasteiger partial charge in [0.15, 0.2) is 4.34 Å². The summed E-state index contributed by atoms with van der Waals surface area (Å²) in [5.74, 6) is -1.48. The number of nitrogens with one attached hydrogen (secondary N) is 2. The molecular formula is C23H17F6N3O2S2. The van der Waals surface area contributed by atoms with Crippen LogP contribution in [0.25, 0.3) is 11.3 Å². The van der Waals surface area contributed by atoms with E-state index >= 15 is 0 Å². The van der Waals surface area contributed by atoms with Gasteiger partial charge in [-0.25, -0.2) is 4.98 Å². The Morgan fingerprint density at radius 1 is 1.00 bits per heavy atom. The van der Waals surface area contributed by atoms with Crippen LogP contribution >= 0.6 is 23.1 Å². The van der Waals surface area contributed by atoms with Crippen molar-refractivity contribution in [2.24, 2.45) is 0 Å². The van der Waals surface area contributed by atoms with Crippen molar-refractivity contribution in [2.45, 2.75) is 16.7 Å². The third-order valence-electron chi connectivity index (χ3n) is 4.50. The minimum atomic E-state index is -5.09. The van der Waals surface area contributed by atoms with Gasteiger partial charge in [0.25, 0.3) is 5.91 Å². The molecule has 2 aromatic carbocycles. The number of aromatic nitrogens is 1. The molecule has 0 saturated carbocycles. The summed E-state index contributed by atoms with van der Waals surface area (Å²) in [4.78, 5) is 29.1. The predicted octanol–water partition coefficient (Wildman–Crippen LogP) is 6.49. The van der Waals surface area contributed by atoms with E-state index in [2.05, 4.69) is 22.2 Å². The molecule has 0 saturated heterocycles. The van der Waals surface area contributed by atoms with Gasteiger partial charge in [-0.15, -0.1) is 6.58 Å². The summed E-state index contributed by atoms with van der Waals surface area (Å²) in [7, 11) is 0. The van der Waals surface area contributed by atoms with E-state index in [0.29, 0.717) is 22.0 Å². The standard InChI is InChI=1S/C23H17F6N3O2S2/c1-2-8-30-17(33)12-35-21-31-18(13-6-4-3-5-7-13)20(36-21)32-19(34)14-9-15(22(24,25)26)11-16(10-14)23(27,28)29/h2-7,9-11H,1,8,12H2,(H,30,33)(H,32,34). The van der Waals surface area contributed by atoms with Crippen molar-refractivity contribution in [3.8, 4) is 11.3 Å². The number of nitrogens with zero attached hydrogens (tertiary/aromatic N) is 1. The third-order valence-corrected chi connectivity index (χ3v) is 6.62. The molecule has 0 aliphatic heterocycles. The smallest absolute Gasteiger partial charge is 0.352 e. The zero-order chi connectivity index (χ0) is 26.5. The lowest BCUT2D eigenvalue weighted by molar-refractivity contribution is -0.143. The van der Waals surface area contributed by atoms with Crippen LogP contribution < -0.4 is 10.6 Å². The van der Waals surface area contributed by atoms with Crippen LogP contribution in [0.1, 0.15) is 21.5 Å². The maximum absolute atomic E-state index is 13.2. The van der Waals surface area contributed by atoms with E-state index in [0.717, 1.165) is 23.1 Å². The van der Waals surface area contributed by atoms with Crippen LogP contribution in [-0.2, 0) is 17.1 Å². The molecule has 3 aromatic rings. The van der Waals surface area contributed by atoms with Gasteiger partial charge in [0.05, 0.1) is 16.9 Å². The lowest BCUT2D eigenvalue weighted by Gasteiger charge is -2.14. The molecule has 1 aromatic heterocycles. The van der Waals surface area contributed by atoms with E-state index < -0.39 is 35.0 Å². The number of anilines is 1. The lowest BCUT2D eigenvalue weighted by atomic mass is 10.0. The van der Waals surface area contributed by atoms with E-state index in [-0.39, 0.29) is 35.0 Å². The molecule has 13 heteroatoms. The van der Waals surface area contributed by atoms with Crippen molar-refractivity contribution in [2.75, 3.05) is 17.6 Å². The SMILES string of the molecule is C=CCNC(=O)CSc1nc(-c2ccccc2)c(NC(=O)c2cc(C(F)(F)F)cc(C(F)(F)F)c2)s1. The van der Waals surface area contributed by atoms with Crippen molar-refractivity contribution < 1.29 is 35.9 Å². The summed E-state index contributed by atoms with van der Waals surface area (Å²) in [6.45, 7) is 3.76. The van der Waals surface area contributed by atoms with Crippen LogP contribution in [-0.4, -0.2) is 29.1 Å². The number of halogens is 6. The van der Waals surface area contributed by atoms with Gasteiger partial charge < -0.3 is 10.6 Å². The first-order valence-electron chi connectivity index (χ1n) is 10.1. The van der Waals surface area contributed by atoms with Crippen LogP contribution in [0.2, 0.25) is 0 Å². The molecule has 0 aliphatic rings. The summed E-state index contributed by atoms with van der Waals surface area (Å²) in [6.07, 6.45) is -8.68. The van der Waals surface area contributed by atoms with E-state index in [1.807, 2.05) is 0 Å². The van der Waals surface area contributed by atoms with E-state index in [1.165, 1.54) is 6.08 Å². The molecule has 2 amide bonds. The first kappa shape index (κ1) is 27.3. The molecule has 0 radical (unpaired) electrons. The number of alkyl halides is 6. The van der Waals surface area contributed by atoms with Crippen molar-refractivity contribution in [3.05, 3.63) is 77.9 Å². The van der Waals surface area contributed by atoms with Crippen molar-refractivity contribution in [3.63, 3.8) is 0 Å². The Bertz CT molecular complexity index is 1220. The van der Waals surface area contributed by atoms with Gasteiger partial charge in [0.2, 0.25) is 5.91 Å². The molecule has 1 heterocycles. The Morgan fingerprint density at radius 2 is 1.61 bits per heavy atom. The van der Waals surface area contributed by atoms with Crippen LogP contribution in [0.5, 0.6) is 0 Å². The predicted molar refractivity (Wildman–Crippen MR) is 126 cm³/mol. The average Bonchev–Trinajstić information content (AvgIpc) is 3.23. The lowest BCUT2D eigenvalue weighted by Crippen LogP contribution is -2.24. The number of thioether (sulfide) groups is 1. The van der Waals surface area contributed by atoms with Crippen LogP contribution in [0.4, 0.5) is 31.3 Å². The van der Waals surface area contributed by atoms with E-state index in [1.54, 1.807) is 30.3 Å². The molecular weight excluding hydrogens is 528 g/mol. The number of amides is 2. The largest absolute Gasteiger partial charge is 0.416 e. The molecule has 0 atom stereocenters. The fourth-order valence-electron chi connectivity index (χ4n) is 2.86. The van der Waals surface area contributed by atoms with E-state index in [4.69, 9.17) is 0 Å². The normalized spacial score (nSPS) is 11.7. The minimum absolute atomic E-state index is 0.00839. The van der Waals surface area contributed by atoms with Gasteiger partial charge in [-0.3, -0.25) is 9.59 Å². The summed E-state index contributed by atoms with van der Waals surface area (Å²) in [6, 6.07) is 9.11. The maximum atomic E-state index is 13.2. The second kappa shape index (κ2) is 11.2. The number of thiazole rings is 1. The Morgan fingerprint density at radius 3 is 2.17 bits per heavy atom. The van der Waals surface area contributed by atoms with Gasteiger partial charge in [0.1, 0.15) is 10.7 Å². The van der Waals surface area contributed by atoms with Crippen molar-refractivity contribution >= 4 is 39.9 Å². The van der Waals surface area contributed by atoms with Gasteiger partial charge >= 0.3 is 12.4 Å². The summed E-state index contributed by atoms with van der Waals surface area (Å²) in [5.41, 5.74) is -3.21. The van der Waals surface area contributed by atoms with Crippen LogP contribution in [0, 0.1) is 0 Å². The Labute approximate surface area is 209 Å². The molecule has 36 heavy (non-hydrogen) atoms. The zero-order valence-corrected chi connectivity index (χ0v) is 19.8. The molecule has 190 valence electrons. The molecule has 0 bridgehead atoms. The van der Waals surface area contributed by atoms with Gasteiger partial charge in [0, 0.05) is 17.7 Å². The van der Waals surface area contributed by atoms with Crippen molar-refractivity contribution in [1.82, 2.24) is 10.3 Å². The second-order valence-corrected chi connectivity index (χ2v) is 9.38. The molecule has 0 unspecified atom stereocenters. The summed E-state index contributed by atoms with van der Waals surface area (Å²) in [5, 5.41) is 5.07. The molecule has 3 rings (SSSR count). The zero-order valence-electron chi connectivity index (χ0n) is 18.2. The Kier molecular flexibility index (Phi) is 8.46. The number of carbonyl (C=O) groups is 2. The monoisotopic (exact) mass is 545 g/mol. The average molecular weight is 546 g/mol. The minimum Gasteiger partial charge on any atom is -0.352 e. The highest BCUT2D eigenvalue weighted by Crippen LogP contribution is 2.39. The number of benzene rings is 2. The van der Waals surface area contributed by atoms with Crippen LogP contribution in [0.3, 0.4) is 0 Å². The molecule has 5 nitrogen and oxygen atoms in total. The quantitative estimate of drug-likeness (QED) is 0.193. The second-order valence-electron chi connectivity index (χ2n) is 7.15.